The number of aromatic nitrogens is 3. The maximum absolute atomic E-state index is 13.1. The van der Waals surface area contributed by atoms with Gasteiger partial charge in [0.15, 0.2) is 5.84 Å². The van der Waals surface area contributed by atoms with Gasteiger partial charge in [0.1, 0.15) is 17.8 Å². The quantitative estimate of drug-likeness (QED) is 0.186. The highest BCUT2D eigenvalue weighted by atomic mass is 16.2. The van der Waals surface area contributed by atoms with Gasteiger partial charge in [0.25, 0.3) is 0 Å². The minimum Gasteiger partial charge on any atom is -0.356 e. The molecular weight excluding hydrogens is 394 g/mol. The Morgan fingerprint density at radius 1 is 1.29 bits per heavy atom. The van der Waals surface area contributed by atoms with E-state index in [1.165, 1.54) is 0 Å². The molecule has 0 unspecified atom stereocenters. The predicted octanol–water partition coefficient (Wildman–Crippen LogP) is 1.60. The zero-order chi connectivity index (χ0) is 22.0. The van der Waals surface area contributed by atoms with Crippen molar-refractivity contribution in [2.45, 2.75) is 26.7 Å². The zero-order valence-electron chi connectivity index (χ0n) is 17.6. The fourth-order valence-electron chi connectivity index (χ4n) is 4.00. The summed E-state index contributed by atoms with van der Waals surface area (Å²) in [5.74, 6) is 12.0. The van der Waals surface area contributed by atoms with Crippen molar-refractivity contribution in [2.24, 2.45) is 22.2 Å². The number of hydrazine groups is 1. The van der Waals surface area contributed by atoms with Gasteiger partial charge in [-0.2, -0.15) is 5.10 Å². The normalized spacial score (nSPS) is 16.4. The maximum atomic E-state index is 13.1. The van der Waals surface area contributed by atoms with Crippen molar-refractivity contribution < 1.29 is 4.79 Å². The predicted molar refractivity (Wildman–Crippen MR) is 121 cm³/mol. The van der Waals surface area contributed by atoms with Crippen molar-refractivity contribution in [2.75, 3.05) is 23.3 Å². The molecule has 0 aliphatic carbocycles. The second-order valence-electron chi connectivity index (χ2n) is 8.10. The minimum absolute atomic E-state index is 0.0121. The van der Waals surface area contributed by atoms with Crippen molar-refractivity contribution in [1.29, 1.82) is 0 Å². The summed E-state index contributed by atoms with van der Waals surface area (Å²) in [7, 11) is 0. The van der Waals surface area contributed by atoms with Gasteiger partial charge in [-0.15, -0.1) is 0 Å². The topological polar surface area (TPSA) is 150 Å². The van der Waals surface area contributed by atoms with Gasteiger partial charge in [-0.1, -0.05) is 19.1 Å². The van der Waals surface area contributed by atoms with Crippen molar-refractivity contribution in [3.8, 4) is 0 Å². The lowest BCUT2D eigenvalue weighted by molar-refractivity contribution is -0.125. The number of nitrogens with one attached hydrogen (secondary N) is 3. The molecule has 7 N–H and O–H groups in total. The van der Waals surface area contributed by atoms with E-state index in [2.05, 4.69) is 35.7 Å². The largest absolute Gasteiger partial charge is 0.356 e. The molecule has 3 heterocycles. The number of carbonyl (C=O) groups excluding carboxylic acids is 1. The van der Waals surface area contributed by atoms with Crippen LogP contribution < -0.4 is 27.3 Å². The minimum atomic E-state index is -0.483. The van der Waals surface area contributed by atoms with Crippen molar-refractivity contribution in [1.82, 2.24) is 20.4 Å². The van der Waals surface area contributed by atoms with Crippen LogP contribution in [0, 0.1) is 12.3 Å². The second kappa shape index (κ2) is 8.23. The molecule has 0 atom stereocenters. The highest BCUT2D eigenvalue weighted by Gasteiger charge is 2.37. The lowest BCUT2D eigenvalue weighted by Crippen LogP contribution is -2.45. The summed E-state index contributed by atoms with van der Waals surface area (Å²) in [6.07, 6.45) is 4.95. The SMILES string of the molecule is Cc1c[nH]c2ncnc(N3CCC(C)(C(=O)Nc4cccc(/C(=N/N)NN)c4)CC3)c12. The fourth-order valence-corrected chi connectivity index (χ4v) is 4.00. The Kier molecular flexibility index (Phi) is 5.47. The van der Waals surface area contributed by atoms with E-state index in [0.717, 1.165) is 35.5 Å². The second-order valence-corrected chi connectivity index (χ2v) is 8.10. The molecule has 0 bridgehead atoms. The summed E-state index contributed by atoms with van der Waals surface area (Å²) in [5.41, 5.74) is 5.28. The van der Waals surface area contributed by atoms with Gasteiger partial charge in [-0.25, -0.2) is 15.8 Å². The van der Waals surface area contributed by atoms with Gasteiger partial charge in [0.2, 0.25) is 5.91 Å². The molecule has 10 heteroatoms. The van der Waals surface area contributed by atoms with Gasteiger partial charge in [-0.05, 0) is 37.5 Å². The van der Waals surface area contributed by atoms with Gasteiger partial charge in [-0.3, -0.25) is 4.79 Å². The van der Waals surface area contributed by atoms with Gasteiger partial charge >= 0.3 is 0 Å². The van der Waals surface area contributed by atoms with E-state index in [0.29, 0.717) is 29.9 Å². The molecule has 1 aromatic carbocycles. The van der Waals surface area contributed by atoms with E-state index in [1.807, 2.05) is 38.2 Å². The molecule has 4 rings (SSSR count). The molecule has 10 nitrogen and oxygen atoms in total. The van der Waals surface area contributed by atoms with Gasteiger partial charge < -0.3 is 26.5 Å². The third-order valence-corrected chi connectivity index (χ3v) is 6.02. The molecule has 0 saturated carbocycles. The number of aromatic amines is 1. The third kappa shape index (κ3) is 3.89. The highest BCUT2D eigenvalue weighted by Crippen LogP contribution is 2.36. The van der Waals surface area contributed by atoms with Gasteiger partial charge in [0.05, 0.1) is 10.8 Å². The zero-order valence-corrected chi connectivity index (χ0v) is 17.6. The summed E-state index contributed by atoms with van der Waals surface area (Å²) in [4.78, 5) is 27.4. The molecule has 1 saturated heterocycles. The number of aryl methyl sites for hydroxylation is 1. The summed E-state index contributed by atoms with van der Waals surface area (Å²) < 4.78 is 0. The maximum Gasteiger partial charge on any atom is 0.230 e. The number of nitrogens with two attached hydrogens (primary N) is 2. The number of rotatable bonds is 4. The van der Waals surface area contributed by atoms with Crippen LogP contribution in [-0.4, -0.2) is 39.8 Å². The van der Waals surface area contributed by atoms with E-state index >= 15 is 0 Å². The van der Waals surface area contributed by atoms with Crippen LogP contribution >= 0.6 is 0 Å². The van der Waals surface area contributed by atoms with Crippen LogP contribution in [0.15, 0.2) is 41.9 Å². The lowest BCUT2D eigenvalue weighted by Gasteiger charge is -2.39. The lowest BCUT2D eigenvalue weighted by atomic mass is 9.79. The van der Waals surface area contributed by atoms with Crippen molar-refractivity contribution in [3.05, 3.63) is 47.9 Å². The molecule has 1 aliphatic heterocycles. The monoisotopic (exact) mass is 421 g/mol. The van der Waals surface area contributed by atoms with Crippen LogP contribution in [0.2, 0.25) is 0 Å². The number of piperidine rings is 1. The van der Waals surface area contributed by atoms with Crippen LogP contribution in [0.25, 0.3) is 11.0 Å². The molecule has 1 fully saturated rings. The summed E-state index contributed by atoms with van der Waals surface area (Å²) in [6.45, 7) is 5.53. The van der Waals surface area contributed by atoms with Gasteiger partial charge in [0, 0.05) is 30.5 Å². The van der Waals surface area contributed by atoms with E-state index in [4.69, 9.17) is 11.7 Å². The smallest absolute Gasteiger partial charge is 0.230 e. The molecule has 1 aliphatic rings. The van der Waals surface area contributed by atoms with E-state index in [-0.39, 0.29) is 5.91 Å². The Balaban J connectivity index is 1.46. The van der Waals surface area contributed by atoms with E-state index in [1.54, 1.807) is 12.4 Å². The fraction of sp³-hybridized carbons (Fsp3) is 0.333. The number of hydrogen-bond donors (Lipinski definition) is 5. The van der Waals surface area contributed by atoms with Crippen LogP contribution in [0.3, 0.4) is 0 Å². The van der Waals surface area contributed by atoms with Crippen LogP contribution in [0.1, 0.15) is 30.9 Å². The molecule has 0 spiro atoms. The first-order chi connectivity index (χ1) is 14.9. The first kappa shape index (κ1) is 20.6. The van der Waals surface area contributed by atoms with Crippen LogP contribution in [0.4, 0.5) is 11.5 Å². The number of hydrazone groups is 1. The highest BCUT2D eigenvalue weighted by molar-refractivity contribution is 6.01. The number of nitrogens with zero attached hydrogens (tertiary/aromatic N) is 4. The Morgan fingerprint density at radius 3 is 2.77 bits per heavy atom. The summed E-state index contributed by atoms with van der Waals surface area (Å²) >= 11 is 0. The standard InChI is InChI=1S/C21H27N9O/c1-13-11-24-18-16(13)19(26-12-25-18)30-8-6-21(2,7-9-30)20(31)27-15-5-3-4-14(10-15)17(28-22)29-23/h3-5,10-12H,6-9,22-23H2,1-2H3,(H,27,31)(H,28,29)(H,24,25,26). The Morgan fingerprint density at radius 2 is 2.06 bits per heavy atom. The van der Waals surface area contributed by atoms with Crippen molar-refractivity contribution in [3.63, 3.8) is 0 Å². The van der Waals surface area contributed by atoms with Crippen LogP contribution in [0.5, 0.6) is 0 Å². The number of H-pyrrole nitrogens is 1. The molecule has 1 amide bonds. The molecule has 162 valence electrons. The third-order valence-electron chi connectivity index (χ3n) is 6.02. The van der Waals surface area contributed by atoms with Crippen LogP contribution in [-0.2, 0) is 4.79 Å². The van der Waals surface area contributed by atoms with E-state index < -0.39 is 5.41 Å². The summed E-state index contributed by atoms with van der Waals surface area (Å²) in [5, 5.41) is 7.68. The number of hydrogen-bond acceptors (Lipinski definition) is 7. The number of anilines is 2. The number of amides is 1. The first-order valence-corrected chi connectivity index (χ1v) is 10.2. The molecule has 0 radical (unpaired) electrons. The Labute approximate surface area is 180 Å². The summed E-state index contributed by atoms with van der Waals surface area (Å²) in [6, 6.07) is 7.25. The molecule has 3 aromatic rings. The molecular formula is C21H27N9O. The van der Waals surface area contributed by atoms with Crippen molar-refractivity contribution >= 4 is 34.3 Å². The average Bonchev–Trinajstić information content (AvgIpc) is 3.17. The Hall–Kier alpha value is -3.66. The number of benzene rings is 1. The first-order valence-electron chi connectivity index (χ1n) is 10.2. The number of carbonyl (C=O) groups is 1. The molecule has 31 heavy (non-hydrogen) atoms. The number of fused-ring (bicyclic) bond motifs is 1. The Bertz CT molecular complexity index is 1130. The van der Waals surface area contributed by atoms with E-state index in [9.17, 15) is 4.79 Å². The number of amidine groups is 1. The average molecular weight is 422 g/mol. The molecule has 2 aromatic heterocycles.